The molecule has 5 heteroatoms. The summed E-state index contributed by atoms with van der Waals surface area (Å²) in [5.41, 5.74) is 1.02. The van der Waals surface area contributed by atoms with Crippen molar-refractivity contribution in [3.8, 4) is 5.75 Å². The van der Waals surface area contributed by atoms with E-state index in [0.29, 0.717) is 0 Å². The van der Waals surface area contributed by atoms with Gasteiger partial charge in [0.15, 0.2) is 5.17 Å². The van der Waals surface area contributed by atoms with Crippen molar-refractivity contribution in [1.82, 2.24) is 0 Å². The Bertz CT molecular complexity index is 352. The fourth-order valence-corrected chi connectivity index (χ4v) is 1.61. The predicted molar refractivity (Wildman–Crippen MR) is 88.1 cm³/mol. The van der Waals surface area contributed by atoms with Gasteiger partial charge in [-0.15, -0.1) is 24.0 Å². The summed E-state index contributed by atoms with van der Waals surface area (Å²) in [4.78, 5) is 4.11. The van der Waals surface area contributed by atoms with E-state index in [-0.39, 0.29) is 30.1 Å². The van der Waals surface area contributed by atoms with E-state index >= 15 is 0 Å². The number of hydrogen-bond donors (Lipinski definition) is 1. The van der Waals surface area contributed by atoms with E-state index in [1.54, 1.807) is 18.8 Å². The topological polar surface area (TPSA) is 33.6 Å². The van der Waals surface area contributed by atoms with Gasteiger partial charge in [-0.2, -0.15) is 0 Å². The standard InChI is InChI=1S/C12H18N2OS.HI/c1-9(2)15-11-7-5-10(6-8-11)14-12(13-3)16-4;/h5-9H,1-4H3,(H,13,14);1H. The first kappa shape index (κ1) is 16.6. The smallest absolute Gasteiger partial charge is 0.160 e. The van der Waals surface area contributed by atoms with E-state index in [4.69, 9.17) is 4.74 Å². The van der Waals surface area contributed by atoms with Gasteiger partial charge in [0, 0.05) is 12.7 Å². The molecule has 0 aliphatic heterocycles. The van der Waals surface area contributed by atoms with Gasteiger partial charge in [0.2, 0.25) is 0 Å². The number of aliphatic imine (C=N–C) groups is 1. The van der Waals surface area contributed by atoms with Crippen LogP contribution in [-0.2, 0) is 0 Å². The molecule has 0 aliphatic carbocycles. The maximum absolute atomic E-state index is 5.56. The highest BCUT2D eigenvalue weighted by molar-refractivity contribution is 14.0. The monoisotopic (exact) mass is 366 g/mol. The molecule has 0 aromatic heterocycles. The van der Waals surface area contributed by atoms with Crippen LogP contribution < -0.4 is 10.1 Å². The van der Waals surface area contributed by atoms with Gasteiger partial charge >= 0.3 is 0 Å². The minimum Gasteiger partial charge on any atom is -0.491 e. The van der Waals surface area contributed by atoms with Gasteiger partial charge in [-0.1, -0.05) is 11.8 Å². The van der Waals surface area contributed by atoms with Crippen LogP contribution in [0.2, 0.25) is 0 Å². The molecule has 0 atom stereocenters. The van der Waals surface area contributed by atoms with E-state index < -0.39 is 0 Å². The van der Waals surface area contributed by atoms with E-state index in [9.17, 15) is 0 Å². The average Bonchev–Trinajstić information content (AvgIpc) is 2.27. The molecule has 1 aromatic rings. The molecule has 0 aliphatic rings. The third-order valence-corrected chi connectivity index (χ3v) is 2.55. The molecule has 96 valence electrons. The Hall–Kier alpha value is -0.430. The number of thioether (sulfide) groups is 1. The molecule has 1 aromatic carbocycles. The Morgan fingerprint density at radius 1 is 1.29 bits per heavy atom. The summed E-state index contributed by atoms with van der Waals surface area (Å²) >= 11 is 1.59. The summed E-state index contributed by atoms with van der Waals surface area (Å²) in [5.74, 6) is 0.889. The van der Waals surface area contributed by atoms with Crippen molar-refractivity contribution < 1.29 is 4.74 Å². The third kappa shape index (κ3) is 6.16. The highest BCUT2D eigenvalue weighted by Crippen LogP contribution is 2.17. The molecule has 1 rings (SSSR count). The Morgan fingerprint density at radius 3 is 2.29 bits per heavy atom. The van der Waals surface area contributed by atoms with Crippen LogP contribution in [0.1, 0.15) is 13.8 Å². The maximum atomic E-state index is 5.56. The van der Waals surface area contributed by atoms with Crippen LogP contribution in [0.25, 0.3) is 0 Å². The molecule has 0 fully saturated rings. The van der Waals surface area contributed by atoms with Crippen molar-refractivity contribution >= 4 is 46.6 Å². The maximum Gasteiger partial charge on any atom is 0.160 e. The van der Waals surface area contributed by atoms with Gasteiger partial charge in [0.05, 0.1) is 6.10 Å². The van der Waals surface area contributed by atoms with Gasteiger partial charge in [-0.25, -0.2) is 0 Å². The molecule has 0 saturated carbocycles. The molecule has 1 N–H and O–H groups in total. The lowest BCUT2D eigenvalue weighted by molar-refractivity contribution is 0.242. The van der Waals surface area contributed by atoms with Crippen molar-refractivity contribution in [1.29, 1.82) is 0 Å². The number of nitrogens with zero attached hydrogens (tertiary/aromatic N) is 1. The van der Waals surface area contributed by atoms with Crippen molar-refractivity contribution in [2.75, 3.05) is 18.6 Å². The second-order valence-corrected chi connectivity index (χ2v) is 4.34. The summed E-state index contributed by atoms with van der Waals surface area (Å²) in [6.45, 7) is 4.03. The zero-order valence-corrected chi connectivity index (χ0v) is 13.7. The van der Waals surface area contributed by atoms with Gasteiger partial charge in [0.25, 0.3) is 0 Å². The molecule has 0 saturated heterocycles. The fourth-order valence-electron chi connectivity index (χ4n) is 1.21. The molecular weight excluding hydrogens is 347 g/mol. The molecule has 0 amide bonds. The summed E-state index contributed by atoms with van der Waals surface area (Å²) in [7, 11) is 1.77. The minimum atomic E-state index is 0. The lowest BCUT2D eigenvalue weighted by Crippen LogP contribution is -2.07. The Morgan fingerprint density at radius 2 is 1.88 bits per heavy atom. The number of amidine groups is 1. The zero-order chi connectivity index (χ0) is 12.0. The SMILES string of the molecule is CN=C(Nc1ccc(OC(C)C)cc1)SC.I. The summed E-state index contributed by atoms with van der Waals surface area (Å²) < 4.78 is 5.56. The number of nitrogens with one attached hydrogen (secondary N) is 1. The highest BCUT2D eigenvalue weighted by atomic mass is 127. The molecule has 0 radical (unpaired) electrons. The first-order valence-corrected chi connectivity index (χ1v) is 6.42. The largest absolute Gasteiger partial charge is 0.491 e. The summed E-state index contributed by atoms with van der Waals surface area (Å²) in [6.07, 6.45) is 2.20. The van der Waals surface area contributed by atoms with Crippen LogP contribution in [0.5, 0.6) is 5.75 Å². The Kier molecular flexibility index (Phi) is 8.41. The predicted octanol–water partition coefficient (Wildman–Crippen LogP) is 3.85. The van der Waals surface area contributed by atoms with Crippen LogP contribution in [0.3, 0.4) is 0 Å². The van der Waals surface area contributed by atoms with Gasteiger partial charge in [-0.3, -0.25) is 4.99 Å². The lowest BCUT2D eigenvalue weighted by Gasteiger charge is -2.11. The average molecular weight is 366 g/mol. The molecular formula is C12H19IN2OS. The second kappa shape index (κ2) is 8.63. The van der Waals surface area contributed by atoms with Crippen LogP contribution in [0.15, 0.2) is 29.3 Å². The van der Waals surface area contributed by atoms with Crippen molar-refractivity contribution in [3.05, 3.63) is 24.3 Å². The molecule has 0 heterocycles. The third-order valence-electron chi connectivity index (χ3n) is 1.87. The lowest BCUT2D eigenvalue weighted by atomic mass is 10.3. The van der Waals surface area contributed by atoms with Crippen molar-refractivity contribution in [3.63, 3.8) is 0 Å². The molecule has 3 nitrogen and oxygen atoms in total. The number of rotatable bonds is 3. The first-order chi connectivity index (χ1) is 7.65. The van der Waals surface area contributed by atoms with Crippen molar-refractivity contribution in [2.45, 2.75) is 20.0 Å². The molecule has 17 heavy (non-hydrogen) atoms. The van der Waals surface area contributed by atoms with Crippen LogP contribution in [-0.4, -0.2) is 24.6 Å². The van der Waals surface area contributed by atoms with Gasteiger partial charge in [0.1, 0.15) is 5.75 Å². The van der Waals surface area contributed by atoms with E-state index in [2.05, 4.69) is 10.3 Å². The summed E-state index contributed by atoms with van der Waals surface area (Å²) in [6, 6.07) is 7.88. The van der Waals surface area contributed by atoms with E-state index in [0.717, 1.165) is 16.6 Å². The Balaban J connectivity index is 0.00000256. The highest BCUT2D eigenvalue weighted by Gasteiger charge is 1.99. The number of anilines is 1. The van der Waals surface area contributed by atoms with Gasteiger partial charge in [-0.05, 0) is 44.4 Å². The summed E-state index contributed by atoms with van der Waals surface area (Å²) in [5, 5.41) is 4.12. The number of hydrogen-bond acceptors (Lipinski definition) is 3. The number of halogens is 1. The van der Waals surface area contributed by atoms with Crippen LogP contribution >= 0.6 is 35.7 Å². The molecule has 0 bridgehead atoms. The van der Waals surface area contributed by atoms with Crippen LogP contribution in [0, 0.1) is 0 Å². The Labute approximate surface area is 124 Å². The zero-order valence-electron chi connectivity index (χ0n) is 10.6. The second-order valence-electron chi connectivity index (χ2n) is 3.55. The normalized spacial score (nSPS) is 11.0. The van der Waals surface area contributed by atoms with Crippen LogP contribution in [0.4, 0.5) is 5.69 Å². The van der Waals surface area contributed by atoms with Crippen molar-refractivity contribution in [2.24, 2.45) is 4.99 Å². The molecule has 0 spiro atoms. The van der Waals surface area contributed by atoms with E-state index in [1.165, 1.54) is 0 Å². The van der Waals surface area contributed by atoms with E-state index in [1.807, 2.05) is 44.4 Å². The molecule has 0 unspecified atom stereocenters. The first-order valence-electron chi connectivity index (χ1n) is 5.20. The van der Waals surface area contributed by atoms with Gasteiger partial charge < -0.3 is 10.1 Å². The fraction of sp³-hybridized carbons (Fsp3) is 0.417. The quantitative estimate of drug-likeness (QED) is 0.501. The number of benzene rings is 1. The minimum absolute atomic E-state index is 0. The number of ether oxygens (including phenoxy) is 1.